The third-order valence-electron chi connectivity index (χ3n) is 6.81. The number of piperidine rings is 2. The van der Waals surface area contributed by atoms with E-state index in [4.69, 9.17) is 4.74 Å². The second-order valence-electron chi connectivity index (χ2n) is 10.1. The highest BCUT2D eigenvalue weighted by atomic mass is 32.2. The van der Waals surface area contributed by atoms with Gasteiger partial charge >= 0.3 is 0 Å². The van der Waals surface area contributed by atoms with Crippen LogP contribution in [0.5, 0.6) is 5.75 Å². The van der Waals surface area contributed by atoms with Crippen molar-refractivity contribution in [3.8, 4) is 5.75 Å². The summed E-state index contributed by atoms with van der Waals surface area (Å²) in [7, 11) is -2.29. The van der Waals surface area contributed by atoms with E-state index in [2.05, 4.69) is 31.0 Å². The SMILES string of the molecule is COc1ccc(C(=O)NCCCCN2CCCC(C)C2)cc1S(=O)(=O)N1CC(C)CC(C)C1. The van der Waals surface area contributed by atoms with Crippen molar-refractivity contribution in [2.75, 3.05) is 46.4 Å². The third-order valence-corrected chi connectivity index (χ3v) is 8.66. The highest BCUT2D eigenvalue weighted by molar-refractivity contribution is 7.89. The van der Waals surface area contributed by atoms with Gasteiger partial charge in [-0.3, -0.25) is 4.79 Å². The monoisotopic (exact) mass is 479 g/mol. The maximum Gasteiger partial charge on any atom is 0.251 e. The fraction of sp³-hybridized carbons (Fsp3) is 0.720. The quantitative estimate of drug-likeness (QED) is 0.548. The predicted molar refractivity (Wildman–Crippen MR) is 131 cm³/mol. The van der Waals surface area contributed by atoms with Gasteiger partial charge in [-0.15, -0.1) is 0 Å². The van der Waals surface area contributed by atoms with Gasteiger partial charge in [0.05, 0.1) is 7.11 Å². The van der Waals surface area contributed by atoms with Crippen LogP contribution < -0.4 is 10.1 Å². The van der Waals surface area contributed by atoms with E-state index in [9.17, 15) is 13.2 Å². The molecule has 2 fully saturated rings. The number of rotatable bonds is 9. The molecule has 2 aliphatic rings. The van der Waals surface area contributed by atoms with Gasteiger partial charge in [0.15, 0.2) is 0 Å². The van der Waals surface area contributed by atoms with Crippen molar-refractivity contribution in [2.24, 2.45) is 17.8 Å². The first-order chi connectivity index (χ1) is 15.7. The number of benzene rings is 1. The number of carbonyl (C=O) groups excluding carboxylic acids is 1. The number of ether oxygens (including phenoxy) is 1. The molecule has 3 atom stereocenters. The minimum atomic E-state index is -3.75. The molecule has 1 N–H and O–H groups in total. The number of carbonyl (C=O) groups is 1. The highest BCUT2D eigenvalue weighted by Gasteiger charge is 2.34. The summed E-state index contributed by atoms with van der Waals surface area (Å²) in [4.78, 5) is 15.3. The van der Waals surface area contributed by atoms with Gasteiger partial charge < -0.3 is 15.0 Å². The smallest absolute Gasteiger partial charge is 0.251 e. The summed E-state index contributed by atoms with van der Waals surface area (Å²) in [5, 5.41) is 2.95. The minimum absolute atomic E-state index is 0.0677. The summed E-state index contributed by atoms with van der Waals surface area (Å²) in [6.45, 7) is 11.4. The van der Waals surface area contributed by atoms with Crippen LogP contribution >= 0.6 is 0 Å². The molecule has 0 saturated carbocycles. The van der Waals surface area contributed by atoms with E-state index in [1.165, 1.54) is 43.4 Å². The second kappa shape index (κ2) is 11.7. The van der Waals surface area contributed by atoms with Crippen LogP contribution in [0.15, 0.2) is 23.1 Å². The molecule has 1 aromatic carbocycles. The van der Waals surface area contributed by atoms with Crippen LogP contribution in [0.4, 0.5) is 0 Å². The summed E-state index contributed by atoms with van der Waals surface area (Å²) in [6.07, 6.45) is 5.56. The van der Waals surface area contributed by atoms with Crippen molar-refractivity contribution in [3.05, 3.63) is 23.8 Å². The van der Waals surface area contributed by atoms with E-state index in [1.807, 2.05) is 0 Å². The zero-order chi connectivity index (χ0) is 24.0. The summed E-state index contributed by atoms with van der Waals surface area (Å²) in [5.74, 6) is 1.40. The highest BCUT2D eigenvalue weighted by Crippen LogP contribution is 2.32. The van der Waals surface area contributed by atoms with Gasteiger partial charge in [0.25, 0.3) is 5.91 Å². The molecule has 2 aliphatic heterocycles. The van der Waals surface area contributed by atoms with Gasteiger partial charge in [0.2, 0.25) is 10.0 Å². The van der Waals surface area contributed by atoms with Crippen LogP contribution in [0.3, 0.4) is 0 Å². The first-order valence-electron chi connectivity index (χ1n) is 12.4. The Balaban J connectivity index is 1.59. The normalized spacial score (nSPS) is 25.0. The number of amides is 1. The summed E-state index contributed by atoms with van der Waals surface area (Å²) >= 11 is 0. The fourth-order valence-corrected chi connectivity index (χ4v) is 7.08. The Morgan fingerprint density at radius 1 is 1.09 bits per heavy atom. The molecular formula is C25H41N3O4S. The number of methoxy groups -OCH3 is 1. The van der Waals surface area contributed by atoms with E-state index >= 15 is 0 Å². The standard InChI is InChI=1S/C25H41N3O4S/c1-19-8-7-13-27(16-19)12-6-5-11-26-25(29)22-9-10-23(32-4)24(15-22)33(30,31)28-17-20(2)14-21(3)18-28/h9-10,15,19-21H,5-8,11-14,16-18H2,1-4H3,(H,26,29). The molecular weight excluding hydrogens is 438 g/mol. The van der Waals surface area contributed by atoms with Crippen LogP contribution in [0.2, 0.25) is 0 Å². The molecule has 1 amide bonds. The van der Waals surface area contributed by atoms with Crippen molar-refractivity contribution < 1.29 is 17.9 Å². The van der Waals surface area contributed by atoms with E-state index in [0.29, 0.717) is 37.0 Å². The molecule has 1 aromatic rings. The van der Waals surface area contributed by atoms with E-state index in [0.717, 1.165) is 31.7 Å². The number of nitrogens with zero attached hydrogens (tertiary/aromatic N) is 2. The lowest BCUT2D eigenvalue weighted by molar-refractivity contribution is 0.0952. The molecule has 2 heterocycles. The average Bonchev–Trinajstić information content (AvgIpc) is 2.77. The van der Waals surface area contributed by atoms with Gasteiger partial charge in [-0.05, 0) is 81.1 Å². The lowest BCUT2D eigenvalue weighted by Crippen LogP contribution is -2.42. The predicted octanol–water partition coefficient (Wildman–Crippen LogP) is 3.60. The molecule has 8 heteroatoms. The number of hydrogen-bond acceptors (Lipinski definition) is 5. The first kappa shape index (κ1) is 26.0. The Kier molecular flexibility index (Phi) is 9.18. The molecule has 0 spiro atoms. The van der Waals surface area contributed by atoms with Crippen molar-refractivity contribution in [1.29, 1.82) is 0 Å². The lowest BCUT2D eigenvalue weighted by Gasteiger charge is -2.34. The molecule has 33 heavy (non-hydrogen) atoms. The average molecular weight is 480 g/mol. The number of hydrogen-bond donors (Lipinski definition) is 1. The lowest BCUT2D eigenvalue weighted by atomic mass is 9.94. The molecule has 0 aliphatic carbocycles. The van der Waals surface area contributed by atoms with E-state index < -0.39 is 10.0 Å². The maximum absolute atomic E-state index is 13.4. The van der Waals surface area contributed by atoms with Gasteiger partial charge in [0, 0.05) is 31.7 Å². The van der Waals surface area contributed by atoms with Crippen LogP contribution in [-0.2, 0) is 10.0 Å². The minimum Gasteiger partial charge on any atom is -0.495 e. The number of sulfonamides is 1. The number of likely N-dealkylation sites (tertiary alicyclic amines) is 1. The molecule has 3 unspecified atom stereocenters. The Morgan fingerprint density at radius 2 is 1.82 bits per heavy atom. The Bertz CT molecular complexity index is 895. The number of nitrogens with one attached hydrogen (secondary N) is 1. The zero-order valence-electron chi connectivity index (χ0n) is 20.7. The van der Waals surface area contributed by atoms with E-state index in [1.54, 1.807) is 12.1 Å². The van der Waals surface area contributed by atoms with Crippen LogP contribution in [-0.4, -0.2) is 69.9 Å². The Morgan fingerprint density at radius 3 is 2.48 bits per heavy atom. The summed E-state index contributed by atoms with van der Waals surface area (Å²) < 4.78 is 33.7. The van der Waals surface area contributed by atoms with Crippen molar-refractivity contribution in [3.63, 3.8) is 0 Å². The van der Waals surface area contributed by atoms with E-state index in [-0.39, 0.29) is 16.6 Å². The topological polar surface area (TPSA) is 79.0 Å². The maximum atomic E-state index is 13.4. The van der Waals surface area contributed by atoms with Crippen LogP contribution in [0.1, 0.15) is 63.2 Å². The molecule has 7 nitrogen and oxygen atoms in total. The van der Waals surface area contributed by atoms with Crippen molar-refractivity contribution >= 4 is 15.9 Å². The van der Waals surface area contributed by atoms with Gasteiger partial charge in [-0.1, -0.05) is 20.8 Å². The van der Waals surface area contributed by atoms with Gasteiger partial charge in [-0.25, -0.2) is 8.42 Å². The number of unbranched alkanes of at least 4 members (excludes halogenated alkanes) is 1. The fourth-order valence-electron chi connectivity index (χ4n) is 5.21. The van der Waals surface area contributed by atoms with Crippen LogP contribution in [0.25, 0.3) is 0 Å². The van der Waals surface area contributed by atoms with Crippen molar-refractivity contribution in [1.82, 2.24) is 14.5 Å². The van der Waals surface area contributed by atoms with Crippen LogP contribution in [0, 0.1) is 17.8 Å². The molecule has 2 saturated heterocycles. The molecule has 0 radical (unpaired) electrons. The summed E-state index contributed by atoms with van der Waals surface area (Å²) in [5.41, 5.74) is 0.345. The van der Waals surface area contributed by atoms with Gasteiger partial charge in [-0.2, -0.15) is 4.31 Å². The summed E-state index contributed by atoms with van der Waals surface area (Å²) in [6, 6.07) is 4.67. The molecule has 0 bridgehead atoms. The largest absolute Gasteiger partial charge is 0.495 e. The Labute approximate surface area is 199 Å². The first-order valence-corrected chi connectivity index (χ1v) is 13.8. The molecule has 3 rings (SSSR count). The molecule has 186 valence electrons. The van der Waals surface area contributed by atoms with Gasteiger partial charge in [0.1, 0.15) is 10.6 Å². The third kappa shape index (κ3) is 6.93. The van der Waals surface area contributed by atoms with Crippen molar-refractivity contribution in [2.45, 2.75) is 57.8 Å². The zero-order valence-corrected chi connectivity index (χ0v) is 21.5. The second-order valence-corrected chi connectivity index (χ2v) is 12.1. The molecule has 0 aromatic heterocycles. The Hall–Kier alpha value is -1.64.